The highest BCUT2D eigenvalue weighted by Gasteiger charge is 1.95. The van der Waals surface area contributed by atoms with Gasteiger partial charge in [0.1, 0.15) is 0 Å². The zero-order chi connectivity index (χ0) is 10.9. The first-order valence-electron chi connectivity index (χ1n) is 5.58. The normalized spacial score (nSPS) is 11.1. The largest absolute Gasteiger partial charge is 0.472 e. The number of hydrogen-bond acceptors (Lipinski definition) is 3. The van der Waals surface area contributed by atoms with Crippen LogP contribution in [0.1, 0.15) is 25.8 Å². The second-order valence-electron chi connectivity index (χ2n) is 4.13. The maximum atomic E-state index is 5.47. The van der Waals surface area contributed by atoms with Crippen LogP contribution in [0.5, 0.6) is 0 Å². The molecule has 0 radical (unpaired) electrons. The van der Waals surface area contributed by atoms with E-state index >= 15 is 0 Å². The van der Waals surface area contributed by atoms with Gasteiger partial charge in [-0.3, -0.25) is 0 Å². The van der Waals surface area contributed by atoms with Crippen LogP contribution in [0.25, 0.3) is 0 Å². The summed E-state index contributed by atoms with van der Waals surface area (Å²) < 4.78 is 10.4. The highest BCUT2D eigenvalue weighted by molar-refractivity contribution is 5.04. The first kappa shape index (κ1) is 12.3. The van der Waals surface area contributed by atoms with Gasteiger partial charge < -0.3 is 14.5 Å². The van der Waals surface area contributed by atoms with Gasteiger partial charge in [-0.15, -0.1) is 0 Å². The molecule has 1 rings (SSSR count). The van der Waals surface area contributed by atoms with Gasteiger partial charge in [0, 0.05) is 25.3 Å². The van der Waals surface area contributed by atoms with Crippen LogP contribution in [0.4, 0.5) is 0 Å². The first-order valence-corrected chi connectivity index (χ1v) is 5.58. The van der Waals surface area contributed by atoms with Crippen molar-refractivity contribution in [2.45, 2.75) is 26.8 Å². The van der Waals surface area contributed by atoms with Crippen molar-refractivity contribution in [3.05, 3.63) is 24.2 Å². The lowest BCUT2D eigenvalue weighted by Gasteiger charge is -2.06. The molecule has 1 N–H and O–H groups in total. The molecule has 0 fully saturated rings. The fourth-order valence-electron chi connectivity index (χ4n) is 1.24. The summed E-state index contributed by atoms with van der Waals surface area (Å²) >= 11 is 0. The highest BCUT2D eigenvalue weighted by Crippen LogP contribution is 1.98. The molecule has 0 saturated carbocycles. The van der Waals surface area contributed by atoms with Gasteiger partial charge in [0.2, 0.25) is 0 Å². The summed E-state index contributed by atoms with van der Waals surface area (Å²) in [4.78, 5) is 0. The van der Waals surface area contributed by atoms with Gasteiger partial charge in [-0.05, 0) is 24.9 Å². The van der Waals surface area contributed by atoms with E-state index in [-0.39, 0.29) is 0 Å². The molecule has 0 saturated heterocycles. The minimum atomic E-state index is 0.629. The summed E-state index contributed by atoms with van der Waals surface area (Å²) in [6.07, 6.45) is 4.52. The van der Waals surface area contributed by atoms with Crippen molar-refractivity contribution in [2.75, 3.05) is 19.8 Å². The van der Waals surface area contributed by atoms with Crippen molar-refractivity contribution in [3.8, 4) is 0 Å². The van der Waals surface area contributed by atoms with E-state index in [2.05, 4.69) is 19.2 Å². The van der Waals surface area contributed by atoms with Crippen LogP contribution >= 0.6 is 0 Å². The van der Waals surface area contributed by atoms with Gasteiger partial charge in [-0.2, -0.15) is 0 Å². The molecule has 3 heteroatoms. The lowest BCUT2D eigenvalue weighted by atomic mass is 10.2. The Labute approximate surface area is 91.8 Å². The lowest BCUT2D eigenvalue weighted by Crippen LogP contribution is -2.16. The van der Waals surface area contributed by atoms with E-state index < -0.39 is 0 Å². The summed E-state index contributed by atoms with van der Waals surface area (Å²) in [6.45, 7) is 7.90. The van der Waals surface area contributed by atoms with Crippen LogP contribution < -0.4 is 5.32 Å². The molecule has 3 nitrogen and oxygen atoms in total. The number of hydrogen-bond donors (Lipinski definition) is 1. The standard InChI is InChI=1S/C12H21NO2/c1-11(2)9-14-6-3-5-13-8-12-4-7-15-10-12/h4,7,10-11,13H,3,5-6,8-9H2,1-2H3. The molecule has 0 unspecified atom stereocenters. The topological polar surface area (TPSA) is 34.4 Å². The van der Waals surface area contributed by atoms with Crippen molar-refractivity contribution >= 4 is 0 Å². The van der Waals surface area contributed by atoms with Gasteiger partial charge in [0.15, 0.2) is 0 Å². The number of rotatable bonds is 8. The molecular formula is C12H21NO2. The molecule has 1 aromatic rings. The highest BCUT2D eigenvalue weighted by atomic mass is 16.5. The first-order chi connectivity index (χ1) is 7.29. The van der Waals surface area contributed by atoms with Crippen LogP contribution in [0.2, 0.25) is 0 Å². The molecule has 0 bridgehead atoms. The number of nitrogens with one attached hydrogen (secondary N) is 1. The third kappa shape index (κ3) is 6.31. The average Bonchev–Trinajstić information content (AvgIpc) is 2.68. The average molecular weight is 211 g/mol. The van der Waals surface area contributed by atoms with E-state index in [1.807, 2.05) is 6.07 Å². The van der Waals surface area contributed by atoms with Crippen molar-refractivity contribution in [1.82, 2.24) is 5.32 Å². The Morgan fingerprint density at radius 1 is 1.47 bits per heavy atom. The van der Waals surface area contributed by atoms with E-state index in [1.54, 1.807) is 12.5 Å². The smallest absolute Gasteiger partial charge is 0.0947 e. The van der Waals surface area contributed by atoms with Crippen LogP contribution in [-0.4, -0.2) is 19.8 Å². The van der Waals surface area contributed by atoms with Gasteiger partial charge in [-0.1, -0.05) is 13.8 Å². The second kappa shape index (κ2) is 7.49. The maximum Gasteiger partial charge on any atom is 0.0947 e. The van der Waals surface area contributed by atoms with Crippen molar-refractivity contribution in [3.63, 3.8) is 0 Å². The Bertz CT molecular complexity index is 232. The van der Waals surface area contributed by atoms with Crippen molar-refractivity contribution in [1.29, 1.82) is 0 Å². The Morgan fingerprint density at radius 3 is 3.00 bits per heavy atom. The fourth-order valence-corrected chi connectivity index (χ4v) is 1.24. The van der Waals surface area contributed by atoms with Crippen LogP contribution in [0, 0.1) is 5.92 Å². The minimum Gasteiger partial charge on any atom is -0.472 e. The van der Waals surface area contributed by atoms with Crippen LogP contribution in [0.3, 0.4) is 0 Å². The Morgan fingerprint density at radius 2 is 2.33 bits per heavy atom. The monoisotopic (exact) mass is 211 g/mol. The molecule has 0 amide bonds. The van der Waals surface area contributed by atoms with Crippen molar-refractivity contribution < 1.29 is 9.15 Å². The van der Waals surface area contributed by atoms with E-state index in [4.69, 9.17) is 9.15 Å². The predicted octanol–water partition coefficient (Wildman–Crippen LogP) is 2.43. The minimum absolute atomic E-state index is 0.629. The molecule has 0 aliphatic carbocycles. The molecular weight excluding hydrogens is 190 g/mol. The lowest BCUT2D eigenvalue weighted by molar-refractivity contribution is 0.108. The summed E-state index contributed by atoms with van der Waals surface area (Å²) in [7, 11) is 0. The molecule has 0 spiro atoms. The number of furan rings is 1. The molecule has 0 aliphatic heterocycles. The summed E-state index contributed by atoms with van der Waals surface area (Å²) in [5.74, 6) is 0.629. The molecule has 1 aromatic heterocycles. The molecule has 1 heterocycles. The molecule has 0 aliphatic rings. The van der Waals surface area contributed by atoms with Crippen LogP contribution in [0.15, 0.2) is 23.0 Å². The van der Waals surface area contributed by atoms with Gasteiger partial charge in [0.25, 0.3) is 0 Å². The van der Waals surface area contributed by atoms with E-state index in [1.165, 1.54) is 5.56 Å². The molecule has 0 aromatic carbocycles. The molecule has 0 atom stereocenters. The van der Waals surface area contributed by atoms with E-state index in [0.29, 0.717) is 5.92 Å². The second-order valence-corrected chi connectivity index (χ2v) is 4.13. The summed E-state index contributed by atoms with van der Waals surface area (Å²) in [6, 6.07) is 1.97. The summed E-state index contributed by atoms with van der Waals surface area (Å²) in [5, 5.41) is 3.34. The third-order valence-electron chi connectivity index (χ3n) is 2.00. The van der Waals surface area contributed by atoms with Gasteiger partial charge in [-0.25, -0.2) is 0 Å². The zero-order valence-corrected chi connectivity index (χ0v) is 9.66. The van der Waals surface area contributed by atoms with Crippen LogP contribution in [-0.2, 0) is 11.3 Å². The fraction of sp³-hybridized carbons (Fsp3) is 0.667. The SMILES string of the molecule is CC(C)COCCCNCc1ccoc1. The van der Waals surface area contributed by atoms with Gasteiger partial charge in [0.05, 0.1) is 12.5 Å². The Hall–Kier alpha value is -0.800. The quantitative estimate of drug-likeness (QED) is 0.671. The Kier molecular flexibility index (Phi) is 6.12. The molecule has 15 heavy (non-hydrogen) atoms. The molecule has 86 valence electrons. The maximum absolute atomic E-state index is 5.47. The van der Waals surface area contributed by atoms with E-state index in [9.17, 15) is 0 Å². The zero-order valence-electron chi connectivity index (χ0n) is 9.66. The predicted molar refractivity (Wildman–Crippen MR) is 60.7 cm³/mol. The Balaban J connectivity index is 1.85. The van der Waals surface area contributed by atoms with Gasteiger partial charge >= 0.3 is 0 Å². The van der Waals surface area contributed by atoms with Crippen molar-refractivity contribution in [2.24, 2.45) is 5.92 Å². The van der Waals surface area contributed by atoms with E-state index in [0.717, 1.165) is 32.7 Å². The summed E-state index contributed by atoms with van der Waals surface area (Å²) in [5.41, 5.74) is 1.19. The third-order valence-corrected chi connectivity index (χ3v) is 2.00. The number of ether oxygens (including phenoxy) is 1.